The number of rotatable bonds is 3. The topological polar surface area (TPSA) is 55.8 Å². The summed E-state index contributed by atoms with van der Waals surface area (Å²) >= 11 is 5.97. The second kappa shape index (κ2) is 6.80. The van der Waals surface area contributed by atoms with Crippen molar-refractivity contribution in [3.63, 3.8) is 0 Å². The van der Waals surface area contributed by atoms with Gasteiger partial charge in [0.2, 0.25) is 5.96 Å². The Morgan fingerprint density at radius 2 is 2.12 bits per heavy atom. The molecule has 7 heteroatoms. The predicted octanol–water partition coefficient (Wildman–Crippen LogP) is 3.85. The van der Waals surface area contributed by atoms with E-state index in [-0.39, 0.29) is 5.02 Å². The number of halogens is 2. The number of nitrogens with one attached hydrogen (secondary N) is 2. The zero-order chi connectivity index (χ0) is 18.1. The van der Waals surface area contributed by atoms with E-state index in [1.54, 1.807) is 23.4 Å². The van der Waals surface area contributed by atoms with Gasteiger partial charge in [0.25, 0.3) is 0 Å². The van der Waals surface area contributed by atoms with E-state index in [0.717, 1.165) is 46.8 Å². The van der Waals surface area contributed by atoms with E-state index in [4.69, 9.17) is 11.6 Å². The van der Waals surface area contributed by atoms with Crippen molar-refractivity contribution in [1.82, 2.24) is 15.3 Å². The van der Waals surface area contributed by atoms with Crippen LogP contribution in [0.2, 0.25) is 5.02 Å². The minimum absolute atomic E-state index is 0.0886. The smallest absolute Gasteiger partial charge is 0.214 e. The summed E-state index contributed by atoms with van der Waals surface area (Å²) in [6.45, 7) is 1.57. The molecule has 0 bridgehead atoms. The summed E-state index contributed by atoms with van der Waals surface area (Å²) in [4.78, 5) is 7.73. The van der Waals surface area contributed by atoms with Crippen molar-refractivity contribution in [2.45, 2.75) is 0 Å². The number of fused-ring (bicyclic) bond motifs is 1. The van der Waals surface area contributed by atoms with Crippen LogP contribution in [0.25, 0.3) is 22.2 Å². The number of hydrogen-bond donors (Lipinski definition) is 2. The van der Waals surface area contributed by atoms with Crippen LogP contribution in [-0.4, -0.2) is 42.3 Å². The minimum atomic E-state index is -0.438. The van der Waals surface area contributed by atoms with Gasteiger partial charge in [-0.1, -0.05) is 29.8 Å². The number of guanidine groups is 1. The van der Waals surface area contributed by atoms with Gasteiger partial charge in [-0.2, -0.15) is 5.10 Å². The second-order valence-electron chi connectivity index (χ2n) is 5.99. The van der Waals surface area contributed by atoms with Gasteiger partial charge in [0.15, 0.2) is 0 Å². The van der Waals surface area contributed by atoms with Crippen LogP contribution >= 0.6 is 11.6 Å². The fourth-order valence-corrected chi connectivity index (χ4v) is 3.16. The van der Waals surface area contributed by atoms with Crippen molar-refractivity contribution in [2.75, 3.05) is 20.1 Å². The molecular weight excluding hydrogens is 353 g/mol. The Morgan fingerprint density at radius 1 is 1.27 bits per heavy atom. The maximum atomic E-state index is 13.6. The highest BCUT2D eigenvalue weighted by Gasteiger charge is 2.14. The van der Waals surface area contributed by atoms with Crippen LogP contribution in [0.4, 0.5) is 4.39 Å². The van der Waals surface area contributed by atoms with Crippen LogP contribution < -0.4 is 5.32 Å². The monoisotopic (exact) mass is 369 g/mol. The SMILES string of the molecule is CN(N=Cc1c(-c2ccc(F)c(Cl)c2)[nH]c2ccccc12)C1=NCCN1. The third-order valence-electron chi connectivity index (χ3n) is 4.28. The summed E-state index contributed by atoms with van der Waals surface area (Å²) in [5, 5.41) is 10.5. The minimum Gasteiger partial charge on any atom is -0.354 e. The lowest BCUT2D eigenvalue weighted by molar-refractivity contribution is 0.531. The van der Waals surface area contributed by atoms with Crippen molar-refractivity contribution >= 4 is 34.7 Å². The average Bonchev–Trinajstić information content (AvgIpc) is 3.30. The van der Waals surface area contributed by atoms with Crippen LogP contribution in [0.3, 0.4) is 0 Å². The molecule has 1 aliphatic heterocycles. The largest absolute Gasteiger partial charge is 0.354 e. The van der Waals surface area contributed by atoms with Crippen LogP contribution in [0.1, 0.15) is 5.56 Å². The number of aliphatic imine (C=N–C) groups is 1. The van der Waals surface area contributed by atoms with E-state index in [1.165, 1.54) is 6.07 Å². The third kappa shape index (κ3) is 3.04. The second-order valence-corrected chi connectivity index (χ2v) is 6.40. The number of nitrogens with zero attached hydrogens (tertiary/aromatic N) is 3. The Labute approximate surface area is 155 Å². The summed E-state index contributed by atoms with van der Waals surface area (Å²) < 4.78 is 13.6. The molecule has 2 aromatic carbocycles. The molecule has 0 unspecified atom stereocenters. The van der Waals surface area contributed by atoms with Crippen molar-refractivity contribution in [3.8, 4) is 11.3 Å². The predicted molar refractivity (Wildman–Crippen MR) is 104 cm³/mol. The molecule has 2 heterocycles. The normalized spacial score (nSPS) is 14.0. The first-order valence-electron chi connectivity index (χ1n) is 8.25. The molecule has 0 aliphatic carbocycles. The first-order chi connectivity index (χ1) is 12.6. The molecule has 0 amide bonds. The van der Waals surface area contributed by atoms with Gasteiger partial charge >= 0.3 is 0 Å². The molecule has 5 nitrogen and oxygen atoms in total. The quantitative estimate of drug-likeness (QED) is 0.544. The van der Waals surface area contributed by atoms with Crippen molar-refractivity contribution < 1.29 is 4.39 Å². The number of aromatic nitrogens is 1. The highest BCUT2D eigenvalue weighted by atomic mass is 35.5. The molecule has 0 fully saturated rings. The van der Waals surface area contributed by atoms with Gasteiger partial charge in [0.1, 0.15) is 5.82 Å². The lowest BCUT2D eigenvalue weighted by Crippen LogP contribution is -2.32. The summed E-state index contributed by atoms with van der Waals surface area (Å²) in [6, 6.07) is 12.6. The van der Waals surface area contributed by atoms with Gasteiger partial charge in [-0.15, -0.1) is 0 Å². The number of H-pyrrole nitrogens is 1. The van der Waals surface area contributed by atoms with Gasteiger partial charge in [0, 0.05) is 35.6 Å². The molecule has 0 spiro atoms. The van der Waals surface area contributed by atoms with Crippen LogP contribution in [0.5, 0.6) is 0 Å². The van der Waals surface area contributed by atoms with E-state index < -0.39 is 5.82 Å². The van der Waals surface area contributed by atoms with Crippen LogP contribution in [-0.2, 0) is 0 Å². The lowest BCUT2D eigenvalue weighted by atomic mass is 10.1. The third-order valence-corrected chi connectivity index (χ3v) is 4.57. The Morgan fingerprint density at radius 3 is 2.88 bits per heavy atom. The van der Waals surface area contributed by atoms with Crippen molar-refractivity contribution in [2.24, 2.45) is 10.1 Å². The highest BCUT2D eigenvalue weighted by Crippen LogP contribution is 2.31. The van der Waals surface area contributed by atoms with E-state index in [0.29, 0.717) is 0 Å². The van der Waals surface area contributed by atoms with E-state index in [1.807, 2.05) is 31.3 Å². The van der Waals surface area contributed by atoms with Gasteiger partial charge in [-0.25, -0.2) is 14.4 Å². The molecule has 0 saturated heterocycles. The fourth-order valence-electron chi connectivity index (χ4n) is 2.98. The molecule has 3 aromatic rings. The van der Waals surface area contributed by atoms with E-state index in [9.17, 15) is 4.39 Å². The van der Waals surface area contributed by atoms with Crippen LogP contribution in [0.15, 0.2) is 52.6 Å². The number of hydrogen-bond acceptors (Lipinski definition) is 4. The molecular formula is C19H17ClFN5. The van der Waals surface area contributed by atoms with Gasteiger partial charge in [-0.05, 0) is 24.3 Å². The summed E-state index contributed by atoms with van der Waals surface area (Å²) in [6.07, 6.45) is 1.79. The number of para-hydroxylation sites is 1. The molecule has 2 N–H and O–H groups in total. The molecule has 0 radical (unpaired) electrons. The molecule has 4 rings (SSSR count). The lowest BCUT2D eigenvalue weighted by Gasteiger charge is -2.12. The van der Waals surface area contributed by atoms with Crippen LogP contribution in [0, 0.1) is 5.82 Å². The first kappa shape index (κ1) is 16.6. The zero-order valence-corrected chi connectivity index (χ0v) is 14.9. The standard InChI is InChI=1S/C19H17ClFN5/c1-26(19-22-8-9-23-19)24-11-14-13-4-2-3-5-17(13)25-18(14)12-6-7-16(21)15(20)10-12/h2-7,10-11,25H,8-9H2,1H3,(H,22,23). The van der Waals surface area contributed by atoms with Crippen molar-refractivity contribution in [1.29, 1.82) is 0 Å². The number of aromatic amines is 1. The summed E-state index contributed by atoms with van der Waals surface area (Å²) in [7, 11) is 1.84. The van der Waals surface area contributed by atoms with E-state index >= 15 is 0 Å². The zero-order valence-electron chi connectivity index (χ0n) is 14.1. The molecule has 1 aromatic heterocycles. The van der Waals surface area contributed by atoms with Crippen molar-refractivity contribution in [3.05, 3.63) is 58.9 Å². The molecule has 0 atom stereocenters. The van der Waals surface area contributed by atoms with Gasteiger partial charge in [-0.3, -0.25) is 0 Å². The number of benzene rings is 2. The highest BCUT2D eigenvalue weighted by molar-refractivity contribution is 6.31. The fraction of sp³-hybridized carbons (Fsp3) is 0.158. The molecule has 26 heavy (non-hydrogen) atoms. The van der Waals surface area contributed by atoms with E-state index in [2.05, 4.69) is 20.4 Å². The number of hydrazone groups is 1. The summed E-state index contributed by atoms with van der Waals surface area (Å²) in [5.41, 5.74) is 3.52. The maximum absolute atomic E-state index is 13.6. The Bertz CT molecular complexity index is 1020. The maximum Gasteiger partial charge on any atom is 0.214 e. The molecule has 132 valence electrons. The summed E-state index contributed by atoms with van der Waals surface area (Å²) in [5.74, 6) is 0.305. The van der Waals surface area contributed by atoms with Gasteiger partial charge in [0.05, 0.1) is 23.5 Å². The average molecular weight is 370 g/mol. The van der Waals surface area contributed by atoms with Gasteiger partial charge < -0.3 is 10.3 Å². The molecule has 1 aliphatic rings. The Balaban J connectivity index is 1.80. The Kier molecular flexibility index (Phi) is 4.34. The first-order valence-corrected chi connectivity index (χ1v) is 8.63. The Hall–Kier alpha value is -2.86. The molecule has 0 saturated carbocycles.